The van der Waals surface area contributed by atoms with Crippen LogP contribution in [-0.2, 0) is 4.79 Å². The maximum atomic E-state index is 10.6. The van der Waals surface area contributed by atoms with Crippen LogP contribution in [0.5, 0.6) is 0 Å². The van der Waals surface area contributed by atoms with Crippen molar-refractivity contribution >= 4 is 5.78 Å². The summed E-state index contributed by atoms with van der Waals surface area (Å²) in [5.74, 6) is 0.0556. The van der Waals surface area contributed by atoms with Gasteiger partial charge in [0, 0.05) is 0 Å². The molecule has 0 heterocycles. The number of rotatable bonds is 2. The van der Waals surface area contributed by atoms with Gasteiger partial charge in [0.1, 0.15) is 5.78 Å². The van der Waals surface area contributed by atoms with Gasteiger partial charge in [-0.05, 0) is 20.3 Å². The summed E-state index contributed by atoms with van der Waals surface area (Å²) in [7, 11) is 0. The molecule has 0 aliphatic rings. The molecule has 8 heavy (non-hydrogen) atoms. The van der Waals surface area contributed by atoms with Crippen molar-refractivity contribution in [3.63, 3.8) is 0 Å². The first-order valence-electron chi connectivity index (χ1n) is 2.80. The second-order valence-corrected chi connectivity index (χ2v) is 2.33. The molecule has 2 nitrogen and oxygen atoms in total. The molecule has 0 unspecified atom stereocenters. The van der Waals surface area contributed by atoms with Crippen LogP contribution in [0.15, 0.2) is 0 Å². The standard InChI is InChI=1S/C6H13NO/c1-4-6(3,7)5(2)8/h4,7H2,1-3H3/t6-/m0/s1. The van der Waals surface area contributed by atoms with Crippen LogP contribution in [-0.4, -0.2) is 11.3 Å². The summed E-state index contributed by atoms with van der Waals surface area (Å²) in [5, 5.41) is 0. The van der Waals surface area contributed by atoms with Gasteiger partial charge in [0.25, 0.3) is 0 Å². The molecule has 2 heteroatoms. The normalized spacial score (nSPS) is 17.5. The van der Waals surface area contributed by atoms with Crippen LogP contribution < -0.4 is 5.73 Å². The minimum Gasteiger partial charge on any atom is -0.319 e. The fourth-order valence-corrected chi connectivity index (χ4v) is 0.249. The van der Waals surface area contributed by atoms with E-state index in [1.165, 1.54) is 6.92 Å². The Hall–Kier alpha value is -0.370. The lowest BCUT2D eigenvalue weighted by Crippen LogP contribution is -2.42. The van der Waals surface area contributed by atoms with Gasteiger partial charge in [-0.2, -0.15) is 0 Å². The summed E-state index contributed by atoms with van der Waals surface area (Å²) in [6.45, 7) is 5.17. The van der Waals surface area contributed by atoms with E-state index in [0.717, 1.165) is 0 Å². The summed E-state index contributed by atoms with van der Waals surface area (Å²) < 4.78 is 0. The molecule has 0 saturated heterocycles. The van der Waals surface area contributed by atoms with Crippen LogP contribution in [0, 0.1) is 0 Å². The zero-order valence-corrected chi connectivity index (χ0v) is 5.69. The Morgan fingerprint density at radius 2 is 2.12 bits per heavy atom. The maximum absolute atomic E-state index is 10.6. The van der Waals surface area contributed by atoms with E-state index in [9.17, 15) is 4.79 Å². The van der Waals surface area contributed by atoms with Crippen molar-refractivity contribution < 1.29 is 4.79 Å². The molecule has 2 N–H and O–H groups in total. The molecule has 0 saturated carbocycles. The molecular formula is C6H13NO. The van der Waals surface area contributed by atoms with E-state index in [2.05, 4.69) is 0 Å². The van der Waals surface area contributed by atoms with E-state index in [1.54, 1.807) is 6.92 Å². The predicted molar refractivity (Wildman–Crippen MR) is 33.6 cm³/mol. The van der Waals surface area contributed by atoms with Gasteiger partial charge in [0.2, 0.25) is 0 Å². The third-order valence-electron chi connectivity index (χ3n) is 1.54. The minimum atomic E-state index is -0.597. The van der Waals surface area contributed by atoms with Crippen molar-refractivity contribution in [2.75, 3.05) is 0 Å². The summed E-state index contributed by atoms with van der Waals surface area (Å²) in [5.41, 5.74) is 4.91. The summed E-state index contributed by atoms with van der Waals surface area (Å²) in [6.07, 6.45) is 0.711. The van der Waals surface area contributed by atoms with Crippen LogP contribution in [0.2, 0.25) is 0 Å². The van der Waals surface area contributed by atoms with E-state index in [4.69, 9.17) is 5.73 Å². The smallest absolute Gasteiger partial charge is 0.149 e. The highest BCUT2D eigenvalue weighted by Crippen LogP contribution is 2.04. The molecule has 0 aromatic carbocycles. The number of carbonyl (C=O) groups excluding carboxylic acids is 1. The van der Waals surface area contributed by atoms with Gasteiger partial charge in [-0.25, -0.2) is 0 Å². The van der Waals surface area contributed by atoms with Gasteiger partial charge in [-0.1, -0.05) is 6.92 Å². The first kappa shape index (κ1) is 7.63. The van der Waals surface area contributed by atoms with E-state index < -0.39 is 5.54 Å². The molecule has 0 radical (unpaired) electrons. The number of Topliss-reactive ketones (excluding diaryl/α,β-unsaturated/α-hetero) is 1. The fourth-order valence-electron chi connectivity index (χ4n) is 0.249. The SMILES string of the molecule is CC[C@](C)(N)C(C)=O. The highest BCUT2D eigenvalue weighted by Gasteiger charge is 2.20. The van der Waals surface area contributed by atoms with Crippen LogP contribution >= 0.6 is 0 Å². The molecule has 48 valence electrons. The molecule has 1 atom stereocenters. The van der Waals surface area contributed by atoms with Gasteiger partial charge in [0.15, 0.2) is 0 Å². The number of carbonyl (C=O) groups is 1. The zero-order chi connectivity index (χ0) is 6.78. The van der Waals surface area contributed by atoms with Gasteiger partial charge in [-0.15, -0.1) is 0 Å². The monoisotopic (exact) mass is 115 g/mol. The van der Waals surface area contributed by atoms with E-state index in [1.807, 2.05) is 6.92 Å². The number of hydrogen-bond acceptors (Lipinski definition) is 2. The molecule has 0 aromatic heterocycles. The molecule has 0 aliphatic carbocycles. The van der Waals surface area contributed by atoms with Crippen LogP contribution in [0.3, 0.4) is 0 Å². The first-order chi connectivity index (χ1) is 3.50. The Morgan fingerprint density at radius 3 is 2.12 bits per heavy atom. The average molecular weight is 115 g/mol. The van der Waals surface area contributed by atoms with Crippen LogP contribution in [0.4, 0.5) is 0 Å². The molecule has 0 bridgehead atoms. The van der Waals surface area contributed by atoms with Crippen LogP contribution in [0.25, 0.3) is 0 Å². The second-order valence-electron chi connectivity index (χ2n) is 2.33. The first-order valence-corrected chi connectivity index (χ1v) is 2.80. The molecule has 0 rings (SSSR count). The minimum absolute atomic E-state index is 0.0556. The molecule has 0 aromatic rings. The number of nitrogens with two attached hydrogens (primary N) is 1. The highest BCUT2D eigenvalue weighted by molar-refractivity contribution is 5.85. The number of ketones is 1. The van der Waals surface area contributed by atoms with Crippen molar-refractivity contribution in [3.05, 3.63) is 0 Å². The average Bonchev–Trinajstić information content (AvgIpc) is 1.67. The Labute approximate surface area is 50.1 Å². The molecular weight excluding hydrogens is 102 g/mol. The van der Waals surface area contributed by atoms with Gasteiger partial charge in [-0.3, -0.25) is 4.79 Å². The zero-order valence-electron chi connectivity index (χ0n) is 5.69. The number of hydrogen-bond donors (Lipinski definition) is 1. The van der Waals surface area contributed by atoms with Crippen molar-refractivity contribution in [1.82, 2.24) is 0 Å². The Kier molecular flexibility index (Phi) is 2.16. The van der Waals surface area contributed by atoms with Crippen molar-refractivity contribution in [3.8, 4) is 0 Å². The van der Waals surface area contributed by atoms with E-state index in [-0.39, 0.29) is 5.78 Å². The van der Waals surface area contributed by atoms with Crippen molar-refractivity contribution in [1.29, 1.82) is 0 Å². The lowest BCUT2D eigenvalue weighted by atomic mass is 9.96. The molecule has 0 fully saturated rings. The molecule has 0 spiro atoms. The van der Waals surface area contributed by atoms with Crippen LogP contribution in [0.1, 0.15) is 27.2 Å². The van der Waals surface area contributed by atoms with Crippen molar-refractivity contribution in [2.45, 2.75) is 32.7 Å². The third-order valence-corrected chi connectivity index (χ3v) is 1.54. The van der Waals surface area contributed by atoms with Crippen molar-refractivity contribution in [2.24, 2.45) is 5.73 Å². The highest BCUT2D eigenvalue weighted by atomic mass is 16.1. The quantitative estimate of drug-likeness (QED) is 0.575. The lowest BCUT2D eigenvalue weighted by Gasteiger charge is -2.17. The van der Waals surface area contributed by atoms with Gasteiger partial charge in [0.05, 0.1) is 5.54 Å². The largest absolute Gasteiger partial charge is 0.319 e. The predicted octanol–water partition coefficient (Wildman–Crippen LogP) is 0.703. The van der Waals surface area contributed by atoms with E-state index in [0.29, 0.717) is 6.42 Å². The van der Waals surface area contributed by atoms with Gasteiger partial charge < -0.3 is 5.73 Å². The lowest BCUT2D eigenvalue weighted by molar-refractivity contribution is -0.121. The molecule has 0 amide bonds. The Bertz CT molecular complexity index is 96.7. The summed E-state index contributed by atoms with van der Waals surface area (Å²) in [4.78, 5) is 10.6. The molecule has 0 aliphatic heterocycles. The Balaban J connectivity index is 3.91. The van der Waals surface area contributed by atoms with E-state index >= 15 is 0 Å². The van der Waals surface area contributed by atoms with Gasteiger partial charge >= 0.3 is 0 Å². The topological polar surface area (TPSA) is 43.1 Å². The summed E-state index contributed by atoms with van der Waals surface area (Å²) >= 11 is 0. The third kappa shape index (κ3) is 1.62. The summed E-state index contributed by atoms with van der Waals surface area (Å²) in [6, 6.07) is 0. The Morgan fingerprint density at radius 1 is 1.75 bits per heavy atom. The second kappa shape index (κ2) is 2.27. The fraction of sp³-hybridized carbons (Fsp3) is 0.833. The maximum Gasteiger partial charge on any atom is 0.149 e.